The first-order chi connectivity index (χ1) is 4.15. The van der Waals surface area contributed by atoms with Crippen LogP contribution in [0.15, 0.2) is 0 Å². The molecule has 0 aromatic heterocycles. The van der Waals surface area contributed by atoms with Crippen molar-refractivity contribution < 1.29 is 0 Å². The van der Waals surface area contributed by atoms with E-state index in [9.17, 15) is 0 Å². The van der Waals surface area contributed by atoms with Crippen LogP contribution in [0, 0.1) is 0 Å². The molecule has 0 N–H and O–H groups in total. The van der Waals surface area contributed by atoms with Gasteiger partial charge in [0.25, 0.3) is 0 Å². The van der Waals surface area contributed by atoms with Gasteiger partial charge in [-0.15, -0.1) is 0 Å². The average molecular weight is 365 g/mol. The Hall–Kier alpha value is 1.32. The molecule has 0 aliphatic carbocycles. The van der Waals surface area contributed by atoms with Crippen molar-refractivity contribution >= 4 is 42.5 Å². The Bertz CT molecular complexity index is 99.9. The third-order valence-corrected chi connectivity index (χ3v) is 26.4. The molecule has 58 valence electrons. The molecule has 0 saturated carbocycles. The summed E-state index contributed by atoms with van der Waals surface area (Å²) >= 11 is 1.06. The van der Waals surface area contributed by atoms with Crippen LogP contribution >= 0.6 is 0 Å². The molecule has 4 heteroatoms. The van der Waals surface area contributed by atoms with Gasteiger partial charge in [0.2, 0.25) is 0 Å². The van der Waals surface area contributed by atoms with Gasteiger partial charge in [-0.1, -0.05) is 0 Å². The van der Waals surface area contributed by atoms with E-state index in [1.807, 2.05) is 0 Å². The van der Waals surface area contributed by atoms with Crippen LogP contribution in [0.2, 0.25) is 39.3 Å². The van der Waals surface area contributed by atoms with Crippen molar-refractivity contribution in [1.29, 1.82) is 0 Å². The summed E-state index contributed by atoms with van der Waals surface area (Å²) in [6, 6.07) is 0. The Balaban J connectivity index is 4.23. The van der Waals surface area contributed by atoms with Gasteiger partial charge in [0.1, 0.15) is 0 Å². The molecule has 0 fully saturated rings. The van der Waals surface area contributed by atoms with E-state index < -0.39 is 16.5 Å². The number of hydrogen-bond acceptors (Lipinski definition) is 1. The summed E-state index contributed by atoms with van der Waals surface area (Å²) in [5, 5.41) is 0. The Morgan fingerprint density at radius 2 is 1.00 bits per heavy atom. The first-order valence-electron chi connectivity index (χ1n) is 3.71. The van der Waals surface area contributed by atoms with Crippen molar-refractivity contribution in [1.82, 2.24) is 2.04 Å². The Morgan fingerprint density at radius 1 is 0.800 bits per heavy atom. The van der Waals surface area contributed by atoms with Gasteiger partial charge >= 0.3 is 83.9 Å². The third kappa shape index (κ3) is 3.63. The zero-order valence-corrected chi connectivity index (χ0v) is 14.5. The first-order valence-corrected chi connectivity index (χ1v) is 12.6. The molecule has 0 aliphatic rings. The molecule has 0 saturated heterocycles. The fraction of sp³-hybridized carbons (Fsp3) is 1.00. The monoisotopic (exact) mass is 365 g/mol. The standard InChI is InChI=1S/C6H18NSi2.Tl/c1-8(2,3)7-9(4,5)6;/h1-6H3;/q-1;+1. The van der Waals surface area contributed by atoms with Crippen molar-refractivity contribution in [2.75, 3.05) is 0 Å². The maximum atomic E-state index is 2.82. The van der Waals surface area contributed by atoms with E-state index in [4.69, 9.17) is 0 Å². The van der Waals surface area contributed by atoms with E-state index in [-0.39, 0.29) is 0 Å². The minimum absolute atomic E-state index is 0.927. The molecule has 0 aromatic rings. The number of hydrogen-bond donors (Lipinski definition) is 0. The fourth-order valence-electron chi connectivity index (χ4n) is 1.01. The van der Waals surface area contributed by atoms with Crippen molar-refractivity contribution in [2.24, 2.45) is 0 Å². The van der Waals surface area contributed by atoms with Crippen LogP contribution in [0.5, 0.6) is 0 Å². The van der Waals surface area contributed by atoms with Crippen LogP contribution in [0.4, 0.5) is 0 Å². The van der Waals surface area contributed by atoms with Crippen molar-refractivity contribution in [3.63, 3.8) is 0 Å². The predicted molar refractivity (Wildman–Crippen MR) is 54.3 cm³/mol. The molecule has 1 nitrogen and oxygen atoms in total. The van der Waals surface area contributed by atoms with Gasteiger partial charge in [-0.25, -0.2) is 0 Å². The second kappa shape index (κ2) is 3.36. The van der Waals surface area contributed by atoms with Gasteiger partial charge in [0, 0.05) is 0 Å². The fourth-order valence-corrected chi connectivity index (χ4v) is 9.06. The van der Waals surface area contributed by atoms with Crippen LogP contribution in [0.25, 0.3) is 0 Å². The number of rotatable bonds is 2. The van der Waals surface area contributed by atoms with E-state index in [0.29, 0.717) is 0 Å². The molecule has 10 heavy (non-hydrogen) atoms. The molecule has 0 heterocycles. The first kappa shape index (κ1) is 11.3. The molecule has 0 aliphatic heterocycles. The Morgan fingerprint density at radius 3 is 1.00 bits per heavy atom. The van der Waals surface area contributed by atoms with Crippen LogP contribution in [-0.2, 0) is 0 Å². The van der Waals surface area contributed by atoms with E-state index in [1.165, 1.54) is 0 Å². The average Bonchev–Trinajstić information content (AvgIpc) is 1.59. The quantitative estimate of drug-likeness (QED) is 0.678. The summed E-state index contributed by atoms with van der Waals surface area (Å²) in [5.74, 6) is 0. The van der Waals surface area contributed by atoms with Gasteiger partial charge in [-0.3, -0.25) is 0 Å². The van der Waals surface area contributed by atoms with E-state index in [1.54, 1.807) is 0 Å². The zero-order chi connectivity index (χ0) is 8.58. The van der Waals surface area contributed by atoms with Gasteiger partial charge in [0.05, 0.1) is 0 Å². The topological polar surface area (TPSA) is 3.24 Å². The summed E-state index contributed by atoms with van der Waals surface area (Å²) in [4.78, 5) is 0. The normalized spacial score (nSPS) is 14.2. The van der Waals surface area contributed by atoms with Crippen LogP contribution in [-0.4, -0.2) is 44.6 Å². The summed E-state index contributed by atoms with van der Waals surface area (Å²) < 4.78 is 2.82. The van der Waals surface area contributed by atoms with Crippen LogP contribution < -0.4 is 0 Å². The van der Waals surface area contributed by atoms with Crippen molar-refractivity contribution in [2.45, 2.75) is 39.3 Å². The molecule has 0 spiro atoms. The van der Waals surface area contributed by atoms with Crippen molar-refractivity contribution in [3.05, 3.63) is 0 Å². The maximum absolute atomic E-state index is 2.82. The van der Waals surface area contributed by atoms with Crippen LogP contribution in [0.3, 0.4) is 0 Å². The summed E-state index contributed by atoms with van der Waals surface area (Å²) in [6.45, 7) is 14.7. The molecular formula is C6H18NSi2Tl. The van der Waals surface area contributed by atoms with E-state index in [2.05, 4.69) is 41.3 Å². The van der Waals surface area contributed by atoms with Gasteiger partial charge in [-0.05, 0) is 0 Å². The molecular weight excluding hydrogens is 347 g/mol. The summed E-state index contributed by atoms with van der Waals surface area (Å²) in [5.41, 5.74) is 0. The second-order valence-electron chi connectivity index (χ2n) is 4.71. The molecule has 0 amide bonds. The third-order valence-electron chi connectivity index (χ3n) is 1.45. The number of nitrogens with zero attached hydrogens (tertiary/aromatic N) is 1. The van der Waals surface area contributed by atoms with E-state index in [0.717, 1.165) is 26.1 Å². The van der Waals surface area contributed by atoms with Gasteiger partial charge in [-0.2, -0.15) is 0 Å². The predicted octanol–water partition coefficient (Wildman–Crippen LogP) is 2.04. The van der Waals surface area contributed by atoms with Crippen molar-refractivity contribution in [3.8, 4) is 0 Å². The molecule has 0 unspecified atom stereocenters. The summed E-state index contributed by atoms with van der Waals surface area (Å²) in [7, 11) is -1.85. The molecule has 0 bridgehead atoms. The second-order valence-corrected chi connectivity index (χ2v) is 20.8. The van der Waals surface area contributed by atoms with E-state index >= 15 is 0 Å². The molecule has 0 atom stereocenters. The van der Waals surface area contributed by atoms with Gasteiger partial charge in [0.15, 0.2) is 0 Å². The molecule has 0 rings (SSSR count). The zero-order valence-electron chi connectivity index (χ0n) is 8.02. The van der Waals surface area contributed by atoms with Crippen LogP contribution in [0.1, 0.15) is 0 Å². The Kier molecular flexibility index (Phi) is 3.81. The summed E-state index contributed by atoms with van der Waals surface area (Å²) in [6.07, 6.45) is 0. The SMILES string of the molecule is C[Si](C)(C)[N]([Tl])[Si](C)(C)C. The molecule has 0 radical (unpaired) electrons. The minimum atomic E-state index is -0.927. The Labute approximate surface area is 83.5 Å². The molecule has 0 aromatic carbocycles. The van der Waals surface area contributed by atoms with Gasteiger partial charge < -0.3 is 0 Å².